The maximum Gasteiger partial charge on any atom is 0.339 e. The second-order valence-electron chi connectivity index (χ2n) is 3.90. The van der Waals surface area contributed by atoms with Gasteiger partial charge in [0.2, 0.25) is 5.56 Å². The number of hydrogen-bond acceptors (Lipinski definition) is 3. The number of carboxylic acids is 1. The van der Waals surface area contributed by atoms with Crippen molar-refractivity contribution >= 4 is 17.6 Å². The molecular weight excluding hydrogens is 250 g/mol. The quantitative estimate of drug-likeness (QED) is 0.658. The number of aryl methyl sites for hydroxylation is 1. The number of carboxylic acid groups (broad SMARTS) is 1. The minimum atomic E-state index is -1.13. The van der Waals surface area contributed by atoms with Crippen molar-refractivity contribution in [1.29, 1.82) is 0 Å². The van der Waals surface area contributed by atoms with E-state index in [2.05, 4.69) is 15.3 Å². The standard InChI is InChI=1S/C12H11N3O4/c1-6-10(12(18)19)8(5-13-6)15-11(17)7-2-3-9(16)14-4-7/h2-5,13H,1H3,(H,14,16)(H,15,17)(H,18,19). The SMILES string of the molecule is Cc1[nH]cc(NC(=O)c2ccc(=O)[nH]c2)c1C(=O)O. The van der Waals surface area contributed by atoms with E-state index >= 15 is 0 Å². The molecule has 0 aliphatic rings. The van der Waals surface area contributed by atoms with Crippen LogP contribution in [0.25, 0.3) is 0 Å². The smallest absolute Gasteiger partial charge is 0.339 e. The summed E-state index contributed by atoms with van der Waals surface area (Å²) in [6.45, 7) is 1.60. The second kappa shape index (κ2) is 4.81. The molecule has 98 valence electrons. The highest BCUT2D eigenvalue weighted by Crippen LogP contribution is 2.19. The van der Waals surface area contributed by atoms with E-state index in [0.717, 1.165) is 0 Å². The zero-order valence-corrected chi connectivity index (χ0v) is 9.98. The van der Waals surface area contributed by atoms with Crippen LogP contribution in [0.3, 0.4) is 0 Å². The van der Waals surface area contributed by atoms with E-state index < -0.39 is 11.9 Å². The van der Waals surface area contributed by atoms with Crippen LogP contribution in [0.5, 0.6) is 0 Å². The van der Waals surface area contributed by atoms with E-state index in [-0.39, 0.29) is 22.4 Å². The van der Waals surface area contributed by atoms with Crippen molar-refractivity contribution in [3.63, 3.8) is 0 Å². The first-order valence-corrected chi connectivity index (χ1v) is 5.40. The molecule has 0 radical (unpaired) electrons. The van der Waals surface area contributed by atoms with Gasteiger partial charge >= 0.3 is 5.97 Å². The summed E-state index contributed by atoms with van der Waals surface area (Å²) in [7, 11) is 0. The third kappa shape index (κ3) is 2.54. The summed E-state index contributed by atoms with van der Waals surface area (Å²) in [6, 6.07) is 2.57. The number of aromatic nitrogens is 2. The van der Waals surface area contributed by atoms with Crippen LogP contribution < -0.4 is 10.9 Å². The molecule has 19 heavy (non-hydrogen) atoms. The van der Waals surface area contributed by atoms with Crippen molar-refractivity contribution in [2.24, 2.45) is 0 Å². The van der Waals surface area contributed by atoms with Crippen LogP contribution in [0, 0.1) is 6.92 Å². The van der Waals surface area contributed by atoms with Gasteiger partial charge in [0.05, 0.1) is 11.3 Å². The summed E-state index contributed by atoms with van der Waals surface area (Å²) >= 11 is 0. The molecule has 0 saturated heterocycles. The second-order valence-corrected chi connectivity index (χ2v) is 3.90. The lowest BCUT2D eigenvalue weighted by molar-refractivity contribution is 0.0697. The fraction of sp³-hybridized carbons (Fsp3) is 0.0833. The lowest BCUT2D eigenvalue weighted by Crippen LogP contribution is -2.16. The number of H-pyrrole nitrogens is 2. The topological polar surface area (TPSA) is 115 Å². The molecule has 1 amide bonds. The third-order valence-corrected chi connectivity index (χ3v) is 2.59. The molecule has 7 nitrogen and oxygen atoms in total. The maximum atomic E-state index is 11.9. The molecule has 2 aromatic rings. The Morgan fingerprint density at radius 3 is 2.53 bits per heavy atom. The summed E-state index contributed by atoms with van der Waals surface area (Å²) in [4.78, 5) is 38.9. The molecule has 0 aliphatic carbocycles. The van der Waals surface area contributed by atoms with Crippen molar-refractivity contribution in [2.45, 2.75) is 6.92 Å². The molecule has 0 unspecified atom stereocenters. The van der Waals surface area contributed by atoms with Gasteiger partial charge in [0, 0.05) is 24.2 Å². The van der Waals surface area contributed by atoms with Crippen LogP contribution in [0.15, 0.2) is 29.3 Å². The molecule has 0 saturated carbocycles. The molecule has 2 rings (SSSR count). The van der Waals surface area contributed by atoms with E-state index in [9.17, 15) is 14.4 Å². The molecule has 2 aromatic heterocycles. The number of pyridine rings is 1. The number of aromatic carboxylic acids is 1. The maximum absolute atomic E-state index is 11.9. The Morgan fingerprint density at radius 2 is 1.95 bits per heavy atom. The minimum Gasteiger partial charge on any atom is -0.478 e. The van der Waals surface area contributed by atoms with Crippen molar-refractivity contribution in [1.82, 2.24) is 9.97 Å². The zero-order valence-electron chi connectivity index (χ0n) is 9.98. The molecular formula is C12H11N3O4. The fourth-order valence-electron chi connectivity index (χ4n) is 1.65. The average Bonchev–Trinajstić information content (AvgIpc) is 2.71. The number of carbonyl (C=O) groups is 2. The van der Waals surface area contributed by atoms with E-state index in [1.165, 1.54) is 24.5 Å². The van der Waals surface area contributed by atoms with Gasteiger partial charge in [-0.1, -0.05) is 0 Å². The zero-order chi connectivity index (χ0) is 14.0. The molecule has 2 heterocycles. The average molecular weight is 261 g/mol. The van der Waals surface area contributed by atoms with Gasteiger partial charge in [-0.05, 0) is 13.0 Å². The van der Waals surface area contributed by atoms with Crippen LogP contribution in [0.4, 0.5) is 5.69 Å². The first-order valence-electron chi connectivity index (χ1n) is 5.40. The molecule has 0 aliphatic heterocycles. The highest BCUT2D eigenvalue weighted by molar-refractivity contribution is 6.07. The summed E-state index contributed by atoms with van der Waals surface area (Å²) in [5, 5.41) is 11.5. The lowest BCUT2D eigenvalue weighted by atomic mass is 10.2. The van der Waals surface area contributed by atoms with E-state index in [0.29, 0.717) is 5.69 Å². The number of hydrogen-bond donors (Lipinski definition) is 4. The van der Waals surface area contributed by atoms with Crippen LogP contribution >= 0.6 is 0 Å². The van der Waals surface area contributed by atoms with Gasteiger partial charge in [-0.25, -0.2) is 4.79 Å². The Labute approximate surface area is 107 Å². The molecule has 0 fully saturated rings. The summed E-state index contributed by atoms with van der Waals surface area (Å²) in [5.74, 6) is -1.63. The van der Waals surface area contributed by atoms with E-state index in [1.807, 2.05) is 0 Å². The third-order valence-electron chi connectivity index (χ3n) is 2.59. The summed E-state index contributed by atoms with van der Waals surface area (Å²) in [6.07, 6.45) is 2.67. The van der Waals surface area contributed by atoms with Gasteiger partial charge in [-0.3, -0.25) is 9.59 Å². The van der Waals surface area contributed by atoms with Crippen LogP contribution in [0.2, 0.25) is 0 Å². The van der Waals surface area contributed by atoms with Crippen LogP contribution in [-0.4, -0.2) is 27.0 Å². The van der Waals surface area contributed by atoms with Gasteiger partial charge in [0.25, 0.3) is 5.91 Å². The fourth-order valence-corrected chi connectivity index (χ4v) is 1.65. The van der Waals surface area contributed by atoms with Gasteiger partial charge in [0.15, 0.2) is 0 Å². The number of anilines is 1. The Bertz CT molecular complexity index is 679. The highest BCUT2D eigenvalue weighted by Gasteiger charge is 2.17. The lowest BCUT2D eigenvalue weighted by Gasteiger charge is -2.04. The van der Waals surface area contributed by atoms with Gasteiger partial charge in [-0.2, -0.15) is 0 Å². The Balaban J connectivity index is 2.27. The van der Waals surface area contributed by atoms with Crippen LogP contribution in [-0.2, 0) is 0 Å². The molecule has 0 bridgehead atoms. The van der Waals surface area contributed by atoms with Crippen molar-refractivity contribution in [3.05, 3.63) is 51.7 Å². The highest BCUT2D eigenvalue weighted by atomic mass is 16.4. The van der Waals surface area contributed by atoms with E-state index in [1.54, 1.807) is 6.92 Å². The van der Waals surface area contributed by atoms with Crippen LogP contribution in [0.1, 0.15) is 26.4 Å². The van der Waals surface area contributed by atoms with Crippen molar-refractivity contribution < 1.29 is 14.7 Å². The van der Waals surface area contributed by atoms with Gasteiger partial charge in [-0.15, -0.1) is 0 Å². The van der Waals surface area contributed by atoms with Gasteiger partial charge in [0.1, 0.15) is 5.56 Å². The van der Waals surface area contributed by atoms with Gasteiger partial charge < -0.3 is 20.4 Å². The van der Waals surface area contributed by atoms with E-state index in [4.69, 9.17) is 5.11 Å². The monoisotopic (exact) mass is 261 g/mol. The Kier molecular flexibility index (Phi) is 3.19. The first-order chi connectivity index (χ1) is 8.99. The number of rotatable bonds is 3. The Hall–Kier alpha value is -2.83. The molecule has 4 N–H and O–H groups in total. The normalized spacial score (nSPS) is 10.2. The molecule has 7 heteroatoms. The first kappa shape index (κ1) is 12.6. The molecule has 0 atom stereocenters. The predicted octanol–water partition coefficient (Wildman–Crippen LogP) is 0.962. The predicted molar refractivity (Wildman–Crippen MR) is 67.5 cm³/mol. The molecule has 0 aromatic carbocycles. The largest absolute Gasteiger partial charge is 0.478 e. The molecule has 0 spiro atoms. The summed E-state index contributed by atoms with van der Waals surface area (Å²) in [5.41, 5.74) is 0.554. The number of nitrogens with one attached hydrogen (secondary N) is 3. The number of carbonyl (C=O) groups excluding carboxylic acids is 1. The van der Waals surface area contributed by atoms with Crippen molar-refractivity contribution in [2.75, 3.05) is 5.32 Å². The van der Waals surface area contributed by atoms with Crippen molar-refractivity contribution in [3.8, 4) is 0 Å². The minimum absolute atomic E-state index is 0.0118. The number of amides is 1. The summed E-state index contributed by atoms with van der Waals surface area (Å²) < 4.78 is 0. The number of aromatic amines is 2. The Morgan fingerprint density at radius 1 is 1.21 bits per heavy atom.